The van der Waals surface area contributed by atoms with Crippen molar-refractivity contribution in [3.05, 3.63) is 60.8 Å². The predicted molar refractivity (Wildman–Crippen MR) is 157 cm³/mol. The molecule has 2 aromatic carbocycles. The number of rotatable bonds is 8. The van der Waals surface area contributed by atoms with Crippen LogP contribution >= 0.6 is 0 Å². The lowest BCUT2D eigenvalue weighted by atomic mass is 10.0. The van der Waals surface area contributed by atoms with E-state index >= 15 is 4.39 Å². The first-order valence-corrected chi connectivity index (χ1v) is 13.9. The number of pyridine rings is 1. The molecule has 0 unspecified atom stereocenters. The van der Waals surface area contributed by atoms with E-state index in [1.807, 2.05) is 18.2 Å². The second kappa shape index (κ2) is 12.1. The summed E-state index contributed by atoms with van der Waals surface area (Å²) in [6.07, 6.45) is 5.24. The number of nitrogens with one attached hydrogen (secondary N) is 2. The number of methoxy groups -OCH3 is 1. The molecule has 6 rings (SSSR count). The van der Waals surface area contributed by atoms with Crippen molar-refractivity contribution in [2.75, 3.05) is 69.1 Å². The van der Waals surface area contributed by atoms with Crippen LogP contribution in [0.25, 0.3) is 10.9 Å². The minimum Gasteiger partial charge on any atom is -0.495 e. The molecule has 0 radical (unpaired) electrons. The molecule has 2 aliphatic rings. The van der Waals surface area contributed by atoms with Crippen LogP contribution in [0, 0.1) is 5.82 Å². The Morgan fingerprint density at radius 3 is 2.51 bits per heavy atom. The maximum absolute atomic E-state index is 15.3. The monoisotopic (exact) mass is 559 g/mol. The highest BCUT2D eigenvalue weighted by molar-refractivity contribution is 5.95. The minimum absolute atomic E-state index is 0.279. The Bertz CT molecular complexity index is 1510. The lowest BCUT2D eigenvalue weighted by Gasteiger charge is -2.30. The number of hydrogen-bond acceptors (Lipinski definition) is 10. The third-order valence-corrected chi connectivity index (χ3v) is 7.52. The molecule has 0 bridgehead atoms. The van der Waals surface area contributed by atoms with Gasteiger partial charge in [0, 0.05) is 48.9 Å². The van der Waals surface area contributed by atoms with Gasteiger partial charge in [-0.1, -0.05) is 0 Å². The van der Waals surface area contributed by atoms with Gasteiger partial charge in [-0.15, -0.1) is 0 Å². The van der Waals surface area contributed by atoms with Crippen molar-refractivity contribution in [1.82, 2.24) is 19.9 Å². The van der Waals surface area contributed by atoms with Crippen LogP contribution in [0.5, 0.6) is 17.2 Å². The van der Waals surface area contributed by atoms with Crippen molar-refractivity contribution >= 4 is 33.9 Å². The number of ether oxygens (including phenoxy) is 3. The molecular weight excluding hydrogens is 525 g/mol. The maximum atomic E-state index is 15.3. The van der Waals surface area contributed by atoms with Gasteiger partial charge >= 0.3 is 0 Å². The van der Waals surface area contributed by atoms with Crippen LogP contribution in [-0.4, -0.2) is 79.4 Å². The van der Waals surface area contributed by atoms with Gasteiger partial charge in [0.15, 0.2) is 0 Å². The van der Waals surface area contributed by atoms with Gasteiger partial charge in [-0.25, -0.2) is 19.3 Å². The molecular formula is C30H34FN7O3. The van der Waals surface area contributed by atoms with Crippen molar-refractivity contribution in [2.24, 2.45) is 0 Å². The van der Waals surface area contributed by atoms with E-state index < -0.39 is 5.82 Å². The molecule has 0 spiro atoms. The summed E-state index contributed by atoms with van der Waals surface area (Å²) in [5, 5.41) is 7.54. The van der Waals surface area contributed by atoms with Crippen LogP contribution in [0.4, 0.5) is 27.4 Å². The van der Waals surface area contributed by atoms with Crippen LogP contribution in [0.2, 0.25) is 0 Å². The Morgan fingerprint density at radius 1 is 0.927 bits per heavy atom. The lowest BCUT2D eigenvalue weighted by Crippen LogP contribution is -2.36. The predicted octanol–water partition coefficient (Wildman–Crippen LogP) is 5.05. The molecule has 11 heteroatoms. The van der Waals surface area contributed by atoms with E-state index in [0.717, 1.165) is 55.9 Å². The summed E-state index contributed by atoms with van der Waals surface area (Å²) in [5.41, 5.74) is 1.84. The molecule has 4 aromatic rings. The highest BCUT2D eigenvalue weighted by Gasteiger charge is 2.19. The van der Waals surface area contributed by atoms with Gasteiger partial charge in [0.2, 0.25) is 0 Å². The maximum Gasteiger partial charge on any atom is 0.150 e. The van der Waals surface area contributed by atoms with Crippen molar-refractivity contribution < 1.29 is 18.6 Å². The highest BCUT2D eigenvalue weighted by Crippen LogP contribution is 2.35. The minimum atomic E-state index is -0.463. The molecule has 0 aliphatic carbocycles. The zero-order valence-electron chi connectivity index (χ0n) is 23.3. The summed E-state index contributed by atoms with van der Waals surface area (Å²) in [5.74, 6) is 2.52. The second-order valence-corrected chi connectivity index (χ2v) is 10.3. The zero-order chi connectivity index (χ0) is 28.2. The van der Waals surface area contributed by atoms with Gasteiger partial charge in [-0.2, -0.15) is 0 Å². The van der Waals surface area contributed by atoms with Gasteiger partial charge in [0.25, 0.3) is 0 Å². The van der Waals surface area contributed by atoms with Crippen LogP contribution in [0.1, 0.15) is 12.8 Å². The molecule has 2 N–H and O–H groups in total. The largest absolute Gasteiger partial charge is 0.495 e. The smallest absolute Gasteiger partial charge is 0.150 e. The van der Waals surface area contributed by atoms with Gasteiger partial charge < -0.3 is 34.6 Å². The van der Waals surface area contributed by atoms with Crippen molar-refractivity contribution in [3.8, 4) is 17.2 Å². The zero-order valence-corrected chi connectivity index (χ0v) is 23.3. The average molecular weight is 560 g/mol. The number of fused-ring (bicyclic) bond motifs is 1. The second-order valence-electron chi connectivity index (χ2n) is 10.3. The molecule has 0 atom stereocenters. The summed E-state index contributed by atoms with van der Waals surface area (Å²) >= 11 is 0. The first-order valence-electron chi connectivity index (χ1n) is 13.9. The van der Waals surface area contributed by atoms with Gasteiger partial charge in [-0.3, -0.25) is 0 Å². The number of piperidine rings is 1. The number of likely N-dealkylation sites (tertiary alicyclic amines) is 1. The number of halogens is 1. The fourth-order valence-corrected chi connectivity index (χ4v) is 5.19. The van der Waals surface area contributed by atoms with Gasteiger partial charge in [-0.05, 0) is 57.2 Å². The van der Waals surface area contributed by atoms with Crippen LogP contribution in [0.15, 0.2) is 55.0 Å². The first-order chi connectivity index (χ1) is 20.1. The molecule has 2 saturated heterocycles. The molecule has 0 saturated carbocycles. The molecule has 4 heterocycles. The Balaban J connectivity index is 1.20. The topological polar surface area (TPSA) is 96.9 Å². The number of nitrogens with zero attached hydrogens (tertiary/aromatic N) is 5. The highest BCUT2D eigenvalue weighted by atomic mass is 19.1. The molecule has 2 aromatic heterocycles. The standard InChI is InChI=1S/C30H34FN7O3/c1-37-9-6-20(7-10-37)35-27-17-23-26(18-28(27)39-2)33-19-34-30(23)36-25-4-3-21(15-24(25)31)41-22-5-8-32-29(16-22)38-11-13-40-14-12-38/h3-5,8,15-20,35H,6-7,9-14H2,1-2H3,(H,33,34,36). The van der Waals surface area contributed by atoms with E-state index in [0.29, 0.717) is 47.8 Å². The molecule has 0 amide bonds. The van der Waals surface area contributed by atoms with Crippen molar-refractivity contribution in [2.45, 2.75) is 18.9 Å². The Morgan fingerprint density at radius 2 is 1.73 bits per heavy atom. The summed E-state index contributed by atoms with van der Waals surface area (Å²) in [6.45, 7) is 4.95. The van der Waals surface area contributed by atoms with E-state index in [9.17, 15) is 0 Å². The summed E-state index contributed by atoms with van der Waals surface area (Å²) in [7, 11) is 3.79. The number of aromatic nitrogens is 3. The van der Waals surface area contributed by atoms with Gasteiger partial charge in [0.1, 0.15) is 41.0 Å². The third-order valence-electron chi connectivity index (χ3n) is 7.52. The van der Waals surface area contributed by atoms with E-state index in [-0.39, 0.29) is 5.69 Å². The molecule has 214 valence electrons. The SMILES string of the molecule is COc1cc2ncnc(Nc3ccc(Oc4ccnc(N5CCOCC5)c4)cc3F)c2cc1NC1CCN(C)CC1. The summed E-state index contributed by atoms with van der Waals surface area (Å²) < 4.78 is 32.3. The quantitative estimate of drug-likeness (QED) is 0.305. The van der Waals surface area contributed by atoms with Gasteiger partial charge in [0.05, 0.1) is 37.2 Å². The van der Waals surface area contributed by atoms with Crippen LogP contribution in [0.3, 0.4) is 0 Å². The first kappa shape index (κ1) is 27.0. The summed E-state index contributed by atoms with van der Waals surface area (Å²) in [6, 6.07) is 12.5. The molecule has 41 heavy (non-hydrogen) atoms. The number of hydrogen-bond donors (Lipinski definition) is 2. The van der Waals surface area contributed by atoms with Crippen LogP contribution < -0.4 is 25.0 Å². The fourth-order valence-electron chi connectivity index (χ4n) is 5.19. The normalized spacial score (nSPS) is 16.5. The lowest BCUT2D eigenvalue weighted by molar-refractivity contribution is 0.122. The average Bonchev–Trinajstić information content (AvgIpc) is 3.00. The fraction of sp³-hybridized carbons (Fsp3) is 0.367. The Kier molecular flexibility index (Phi) is 7.97. The van der Waals surface area contributed by atoms with Crippen molar-refractivity contribution in [1.29, 1.82) is 0 Å². The number of benzene rings is 2. The Hall–Kier alpha value is -4.22. The van der Waals surface area contributed by atoms with E-state index in [1.54, 1.807) is 31.5 Å². The third kappa shape index (κ3) is 6.26. The van der Waals surface area contributed by atoms with E-state index in [2.05, 4.69) is 42.4 Å². The van der Waals surface area contributed by atoms with Crippen LogP contribution in [-0.2, 0) is 4.74 Å². The molecule has 2 fully saturated rings. The van der Waals surface area contributed by atoms with E-state index in [4.69, 9.17) is 14.2 Å². The van der Waals surface area contributed by atoms with Crippen molar-refractivity contribution in [3.63, 3.8) is 0 Å². The molecule has 10 nitrogen and oxygen atoms in total. The van der Waals surface area contributed by atoms with E-state index in [1.165, 1.54) is 12.4 Å². The molecule has 2 aliphatic heterocycles. The number of anilines is 4. The summed E-state index contributed by atoms with van der Waals surface area (Å²) in [4.78, 5) is 17.8. The number of morpholine rings is 1. The Labute approximate surface area is 238 Å².